The Morgan fingerprint density at radius 3 is 2.42 bits per heavy atom. The predicted octanol–water partition coefficient (Wildman–Crippen LogP) is 0.969. The first-order valence-electron chi connectivity index (χ1n) is 6.93. The molecule has 24 heavy (non-hydrogen) atoms. The van der Waals surface area contributed by atoms with Crippen LogP contribution in [0.25, 0.3) is 0 Å². The molecule has 0 aromatic heterocycles. The fraction of sp³-hybridized carbons (Fsp3) is 0.0625. The number of ether oxygens (including phenoxy) is 1. The lowest BCUT2D eigenvalue weighted by Gasteiger charge is -2.07. The zero-order valence-corrected chi connectivity index (χ0v) is 12.7. The Hall–Kier alpha value is -3.55. The molecule has 0 heterocycles. The van der Waals surface area contributed by atoms with E-state index in [9.17, 15) is 9.90 Å². The van der Waals surface area contributed by atoms with Gasteiger partial charge in [-0.25, -0.2) is 9.79 Å². The van der Waals surface area contributed by atoms with Crippen molar-refractivity contribution in [3.8, 4) is 5.75 Å². The van der Waals surface area contributed by atoms with Gasteiger partial charge in [0.05, 0.1) is 5.69 Å². The van der Waals surface area contributed by atoms with Crippen LogP contribution in [0.15, 0.2) is 58.5 Å². The van der Waals surface area contributed by atoms with E-state index in [1.807, 2.05) is 30.3 Å². The number of carbonyl (C=O) groups excluding carboxylic acids is 1. The number of phenolic OH excluding ortho intramolecular Hbond substituents is 1. The third-order valence-corrected chi connectivity index (χ3v) is 2.90. The van der Waals surface area contributed by atoms with Crippen molar-refractivity contribution < 1.29 is 14.6 Å². The van der Waals surface area contributed by atoms with Crippen molar-refractivity contribution in [2.75, 3.05) is 0 Å². The Bertz CT molecular complexity index is 784. The predicted molar refractivity (Wildman–Crippen MR) is 90.8 cm³/mol. The fourth-order valence-electron chi connectivity index (χ4n) is 1.85. The van der Waals surface area contributed by atoms with Crippen molar-refractivity contribution >= 4 is 23.6 Å². The maximum Gasteiger partial charge on any atom is 0.342 e. The van der Waals surface area contributed by atoms with Gasteiger partial charge in [0.25, 0.3) is 0 Å². The van der Waals surface area contributed by atoms with Gasteiger partial charge in [0.15, 0.2) is 5.96 Å². The van der Waals surface area contributed by atoms with Gasteiger partial charge < -0.3 is 27.0 Å². The number of nitrogens with two attached hydrogens (primary N) is 3. The number of hydrogen-bond donors (Lipinski definition) is 4. The molecule has 2 aromatic carbocycles. The third-order valence-electron chi connectivity index (χ3n) is 2.90. The van der Waals surface area contributed by atoms with E-state index >= 15 is 0 Å². The summed E-state index contributed by atoms with van der Waals surface area (Å²) in [5, 5.41) is 9.96. The van der Waals surface area contributed by atoms with Crippen LogP contribution in [-0.4, -0.2) is 23.0 Å². The second-order valence-electron chi connectivity index (χ2n) is 4.77. The molecule has 0 aliphatic heterocycles. The van der Waals surface area contributed by atoms with Crippen molar-refractivity contribution in [1.82, 2.24) is 0 Å². The molecule has 0 saturated carbocycles. The van der Waals surface area contributed by atoms with Crippen molar-refractivity contribution in [3.05, 3.63) is 59.7 Å². The number of esters is 1. The summed E-state index contributed by atoms with van der Waals surface area (Å²) in [7, 11) is 0. The molecule has 0 aliphatic rings. The fourth-order valence-corrected chi connectivity index (χ4v) is 1.85. The van der Waals surface area contributed by atoms with E-state index in [0.717, 1.165) is 5.56 Å². The van der Waals surface area contributed by atoms with Crippen LogP contribution in [0.5, 0.6) is 5.75 Å². The molecule has 7 N–H and O–H groups in total. The minimum atomic E-state index is -0.649. The average Bonchev–Trinajstić information content (AvgIpc) is 2.53. The van der Waals surface area contributed by atoms with Crippen LogP contribution < -0.4 is 17.2 Å². The molecule has 0 radical (unpaired) electrons. The van der Waals surface area contributed by atoms with Crippen LogP contribution >= 0.6 is 0 Å². The first kappa shape index (κ1) is 16.8. The van der Waals surface area contributed by atoms with E-state index in [4.69, 9.17) is 21.9 Å². The zero-order chi connectivity index (χ0) is 17.5. The van der Waals surface area contributed by atoms with Gasteiger partial charge in [0.2, 0.25) is 5.96 Å². The summed E-state index contributed by atoms with van der Waals surface area (Å²) in [6.45, 7) is 0.108. The van der Waals surface area contributed by atoms with Gasteiger partial charge in [-0.2, -0.15) is 4.99 Å². The van der Waals surface area contributed by atoms with Gasteiger partial charge >= 0.3 is 5.97 Å². The summed E-state index contributed by atoms with van der Waals surface area (Å²) in [4.78, 5) is 19.5. The van der Waals surface area contributed by atoms with Crippen molar-refractivity contribution in [3.63, 3.8) is 0 Å². The zero-order valence-electron chi connectivity index (χ0n) is 12.7. The lowest BCUT2D eigenvalue weighted by molar-refractivity contribution is 0.0469. The molecule has 0 amide bonds. The Labute approximate surface area is 138 Å². The maximum absolute atomic E-state index is 12.0. The van der Waals surface area contributed by atoms with E-state index < -0.39 is 5.97 Å². The normalized spacial score (nSPS) is 10.9. The number of aromatic hydroxyl groups is 1. The molecule has 0 saturated heterocycles. The Balaban J connectivity index is 2.09. The minimum absolute atomic E-state index is 0.0188. The van der Waals surface area contributed by atoms with Crippen molar-refractivity contribution in [2.24, 2.45) is 27.2 Å². The van der Waals surface area contributed by atoms with Crippen LogP contribution in [0.2, 0.25) is 0 Å². The highest BCUT2D eigenvalue weighted by Gasteiger charge is 2.13. The van der Waals surface area contributed by atoms with Crippen LogP contribution in [0.3, 0.4) is 0 Å². The van der Waals surface area contributed by atoms with Gasteiger partial charge in [-0.3, -0.25) is 0 Å². The number of rotatable bonds is 4. The number of guanidine groups is 2. The van der Waals surface area contributed by atoms with Crippen molar-refractivity contribution in [1.29, 1.82) is 0 Å². The lowest BCUT2D eigenvalue weighted by atomic mass is 10.2. The van der Waals surface area contributed by atoms with Crippen LogP contribution in [-0.2, 0) is 11.3 Å². The SMILES string of the molecule is NC(N)=NC(N)=Nc1ccc(C(=O)OCc2ccccc2)c(O)c1. The number of phenols is 1. The Kier molecular flexibility index (Phi) is 5.35. The van der Waals surface area contributed by atoms with E-state index in [1.54, 1.807) is 0 Å². The summed E-state index contributed by atoms with van der Waals surface area (Å²) in [5.41, 5.74) is 17.0. The molecular formula is C16H17N5O3. The van der Waals surface area contributed by atoms with Gasteiger partial charge in [-0.05, 0) is 17.7 Å². The topological polar surface area (TPSA) is 149 Å². The third kappa shape index (κ3) is 4.73. The van der Waals surface area contributed by atoms with E-state index in [2.05, 4.69) is 9.98 Å². The molecule has 2 aromatic rings. The van der Waals surface area contributed by atoms with Crippen LogP contribution in [0.4, 0.5) is 5.69 Å². The Morgan fingerprint density at radius 2 is 1.79 bits per heavy atom. The van der Waals surface area contributed by atoms with Crippen LogP contribution in [0, 0.1) is 0 Å². The molecule has 8 nitrogen and oxygen atoms in total. The van der Waals surface area contributed by atoms with Crippen LogP contribution in [0.1, 0.15) is 15.9 Å². The monoisotopic (exact) mass is 327 g/mol. The number of aliphatic imine (C=N–C) groups is 2. The smallest absolute Gasteiger partial charge is 0.342 e. The molecule has 0 aliphatic carbocycles. The molecule has 0 atom stereocenters. The highest BCUT2D eigenvalue weighted by atomic mass is 16.5. The number of carbonyl (C=O) groups is 1. The van der Waals surface area contributed by atoms with E-state index in [-0.39, 0.29) is 35.5 Å². The quantitative estimate of drug-likeness (QED) is 0.373. The van der Waals surface area contributed by atoms with E-state index in [0.29, 0.717) is 0 Å². The average molecular weight is 327 g/mol. The lowest BCUT2D eigenvalue weighted by Crippen LogP contribution is -2.26. The summed E-state index contributed by atoms with van der Waals surface area (Å²) >= 11 is 0. The van der Waals surface area contributed by atoms with Crippen molar-refractivity contribution in [2.45, 2.75) is 6.61 Å². The molecule has 124 valence electrons. The molecule has 8 heteroatoms. The minimum Gasteiger partial charge on any atom is -0.507 e. The molecule has 0 fully saturated rings. The first-order valence-corrected chi connectivity index (χ1v) is 6.93. The number of hydrogen-bond acceptors (Lipinski definition) is 4. The van der Waals surface area contributed by atoms with Gasteiger partial charge in [-0.15, -0.1) is 0 Å². The second-order valence-corrected chi connectivity index (χ2v) is 4.77. The van der Waals surface area contributed by atoms with Gasteiger partial charge in [-0.1, -0.05) is 30.3 Å². The standard InChI is InChI=1S/C16H17N5O3/c17-15(18)21-16(19)20-11-6-7-12(13(22)8-11)14(23)24-9-10-4-2-1-3-5-10/h1-8,22H,9H2,(H6,17,18,19,20,21). The molecule has 0 unspecified atom stereocenters. The summed E-state index contributed by atoms with van der Waals surface area (Å²) in [5.74, 6) is -1.34. The number of benzene rings is 2. The molecule has 0 spiro atoms. The first-order chi connectivity index (χ1) is 11.5. The summed E-state index contributed by atoms with van der Waals surface area (Å²) in [6, 6.07) is 13.3. The second kappa shape index (κ2) is 7.63. The maximum atomic E-state index is 12.0. The van der Waals surface area contributed by atoms with Gasteiger partial charge in [0.1, 0.15) is 17.9 Å². The summed E-state index contributed by atoms with van der Waals surface area (Å²) < 4.78 is 5.15. The molecule has 0 bridgehead atoms. The largest absolute Gasteiger partial charge is 0.507 e. The number of nitrogens with zero attached hydrogens (tertiary/aromatic N) is 2. The summed E-state index contributed by atoms with van der Waals surface area (Å²) in [6.07, 6.45) is 0. The Morgan fingerprint density at radius 1 is 1.08 bits per heavy atom. The molecular weight excluding hydrogens is 310 g/mol. The highest BCUT2D eigenvalue weighted by Crippen LogP contribution is 2.25. The molecule has 2 rings (SSSR count). The van der Waals surface area contributed by atoms with Gasteiger partial charge in [0, 0.05) is 6.07 Å². The highest BCUT2D eigenvalue weighted by molar-refractivity contribution is 5.95. The van der Waals surface area contributed by atoms with E-state index in [1.165, 1.54) is 18.2 Å².